The zero-order valence-corrected chi connectivity index (χ0v) is 11.5. The molecule has 1 unspecified atom stereocenters. The maximum atomic E-state index is 9.31. The molecule has 3 heteroatoms. The van der Waals surface area contributed by atoms with E-state index < -0.39 is 0 Å². The molecule has 1 rings (SSSR count). The van der Waals surface area contributed by atoms with Crippen molar-refractivity contribution >= 4 is 11.6 Å². The third kappa shape index (κ3) is 5.94. The van der Waals surface area contributed by atoms with E-state index in [2.05, 4.69) is 20.8 Å². The van der Waals surface area contributed by atoms with E-state index in [1.807, 2.05) is 12.1 Å². The van der Waals surface area contributed by atoms with Crippen LogP contribution in [0.3, 0.4) is 0 Å². The number of aliphatic hydroxyl groups excluding tert-OH is 1. The monoisotopic (exact) mass is 256 g/mol. The Morgan fingerprint density at radius 1 is 1.24 bits per heavy atom. The topological polar surface area (TPSA) is 29.5 Å². The lowest BCUT2D eigenvalue weighted by molar-refractivity contribution is 0.126. The minimum absolute atomic E-state index is 0.158. The zero-order valence-electron chi connectivity index (χ0n) is 10.7. The third-order valence-corrected chi connectivity index (χ3v) is 2.71. The summed E-state index contributed by atoms with van der Waals surface area (Å²) in [6, 6.07) is 7.28. The summed E-state index contributed by atoms with van der Waals surface area (Å²) in [6.45, 7) is 7.19. The van der Waals surface area contributed by atoms with E-state index in [1.54, 1.807) is 12.1 Å². The van der Waals surface area contributed by atoms with Crippen LogP contribution in [0.25, 0.3) is 0 Å². The van der Waals surface area contributed by atoms with Gasteiger partial charge in [-0.15, -0.1) is 0 Å². The fourth-order valence-corrected chi connectivity index (χ4v) is 1.91. The molecule has 17 heavy (non-hydrogen) atoms. The van der Waals surface area contributed by atoms with Gasteiger partial charge >= 0.3 is 0 Å². The highest BCUT2D eigenvalue weighted by Crippen LogP contribution is 2.25. The van der Waals surface area contributed by atoms with Crippen molar-refractivity contribution in [1.82, 2.24) is 0 Å². The second-order valence-electron chi connectivity index (χ2n) is 5.58. The van der Waals surface area contributed by atoms with Gasteiger partial charge in [0.15, 0.2) is 0 Å². The summed E-state index contributed by atoms with van der Waals surface area (Å²) in [6.07, 6.45) is 0.942. The molecule has 0 aliphatic rings. The first-order valence-electron chi connectivity index (χ1n) is 5.90. The summed E-state index contributed by atoms with van der Waals surface area (Å²) in [5.74, 6) is 0.965. The van der Waals surface area contributed by atoms with Crippen molar-refractivity contribution in [2.24, 2.45) is 11.3 Å². The van der Waals surface area contributed by atoms with Gasteiger partial charge in [0.05, 0.1) is 6.61 Å². The molecule has 0 heterocycles. The van der Waals surface area contributed by atoms with Crippen LogP contribution in [-0.2, 0) is 0 Å². The number of aliphatic hydroxyl groups is 1. The van der Waals surface area contributed by atoms with E-state index in [1.165, 1.54) is 0 Å². The highest BCUT2D eigenvalue weighted by Gasteiger charge is 2.18. The molecular weight excluding hydrogens is 236 g/mol. The molecule has 0 aliphatic heterocycles. The Bertz CT molecular complexity index is 327. The van der Waals surface area contributed by atoms with E-state index >= 15 is 0 Å². The van der Waals surface area contributed by atoms with Gasteiger partial charge in [0.2, 0.25) is 0 Å². The second-order valence-corrected chi connectivity index (χ2v) is 6.01. The Labute approximate surface area is 109 Å². The summed E-state index contributed by atoms with van der Waals surface area (Å²) in [7, 11) is 0. The maximum absolute atomic E-state index is 9.31. The van der Waals surface area contributed by atoms with Gasteiger partial charge in [-0.2, -0.15) is 0 Å². The van der Waals surface area contributed by atoms with Crippen molar-refractivity contribution in [3.8, 4) is 5.75 Å². The standard InChI is InChI=1S/C14H21ClO2/c1-14(2,3)8-11(9-16)10-17-13-6-4-12(15)5-7-13/h4-7,11,16H,8-10H2,1-3H3. The molecule has 0 bridgehead atoms. The van der Waals surface area contributed by atoms with Gasteiger partial charge in [-0.3, -0.25) is 0 Å². The maximum Gasteiger partial charge on any atom is 0.119 e. The minimum Gasteiger partial charge on any atom is -0.493 e. The fourth-order valence-electron chi connectivity index (χ4n) is 1.79. The summed E-state index contributed by atoms with van der Waals surface area (Å²) in [4.78, 5) is 0. The minimum atomic E-state index is 0.158. The van der Waals surface area contributed by atoms with Gasteiger partial charge < -0.3 is 9.84 Å². The van der Waals surface area contributed by atoms with Crippen molar-refractivity contribution in [3.05, 3.63) is 29.3 Å². The van der Waals surface area contributed by atoms with E-state index in [4.69, 9.17) is 16.3 Å². The Morgan fingerprint density at radius 3 is 2.29 bits per heavy atom. The number of hydrogen-bond donors (Lipinski definition) is 1. The molecule has 96 valence electrons. The van der Waals surface area contributed by atoms with Crippen LogP contribution in [0.4, 0.5) is 0 Å². The Kier molecular flexibility index (Phi) is 5.29. The summed E-state index contributed by atoms with van der Waals surface area (Å²) < 4.78 is 5.64. The smallest absolute Gasteiger partial charge is 0.119 e. The van der Waals surface area contributed by atoms with Crippen LogP contribution in [0.1, 0.15) is 27.2 Å². The molecule has 0 aliphatic carbocycles. The van der Waals surface area contributed by atoms with Gasteiger partial charge in [0.1, 0.15) is 5.75 Å². The second kappa shape index (κ2) is 6.27. The van der Waals surface area contributed by atoms with Crippen LogP contribution in [0.2, 0.25) is 5.02 Å². The number of benzene rings is 1. The summed E-state index contributed by atoms with van der Waals surface area (Å²) >= 11 is 5.79. The average Bonchev–Trinajstić information content (AvgIpc) is 2.25. The van der Waals surface area contributed by atoms with E-state index in [9.17, 15) is 5.11 Å². The lowest BCUT2D eigenvalue weighted by Crippen LogP contribution is -2.22. The molecule has 2 nitrogen and oxygen atoms in total. The number of rotatable bonds is 5. The molecule has 0 spiro atoms. The fraction of sp³-hybridized carbons (Fsp3) is 0.571. The van der Waals surface area contributed by atoms with Gasteiger partial charge in [0, 0.05) is 17.5 Å². The highest BCUT2D eigenvalue weighted by atomic mass is 35.5. The van der Waals surface area contributed by atoms with Crippen LogP contribution in [0.15, 0.2) is 24.3 Å². The molecular formula is C14H21ClO2. The van der Waals surface area contributed by atoms with Gasteiger partial charge in [-0.05, 0) is 36.1 Å². The first kappa shape index (κ1) is 14.3. The average molecular weight is 257 g/mol. The van der Waals surface area contributed by atoms with Gasteiger partial charge in [-0.1, -0.05) is 32.4 Å². The number of ether oxygens (including phenoxy) is 1. The van der Waals surface area contributed by atoms with Gasteiger partial charge in [-0.25, -0.2) is 0 Å². The zero-order chi connectivity index (χ0) is 12.9. The molecule has 0 fully saturated rings. The highest BCUT2D eigenvalue weighted by molar-refractivity contribution is 6.30. The largest absolute Gasteiger partial charge is 0.493 e. The van der Waals surface area contributed by atoms with Crippen LogP contribution in [0, 0.1) is 11.3 Å². The lowest BCUT2D eigenvalue weighted by atomic mass is 9.85. The summed E-state index contributed by atoms with van der Waals surface area (Å²) in [5, 5.41) is 10.0. The first-order chi connectivity index (χ1) is 7.90. The van der Waals surface area contributed by atoms with Crippen molar-refractivity contribution in [2.45, 2.75) is 27.2 Å². The SMILES string of the molecule is CC(C)(C)CC(CO)COc1ccc(Cl)cc1. The third-order valence-electron chi connectivity index (χ3n) is 2.46. The molecule has 1 aromatic carbocycles. The summed E-state index contributed by atoms with van der Waals surface area (Å²) in [5.41, 5.74) is 0.205. The lowest BCUT2D eigenvalue weighted by Gasteiger charge is -2.24. The molecule has 0 saturated carbocycles. The van der Waals surface area contributed by atoms with E-state index in [0.29, 0.717) is 11.6 Å². The molecule has 0 saturated heterocycles. The predicted molar refractivity (Wildman–Crippen MR) is 71.6 cm³/mol. The van der Waals surface area contributed by atoms with Crippen LogP contribution in [0.5, 0.6) is 5.75 Å². The number of hydrogen-bond acceptors (Lipinski definition) is 2. The van der Waals surface area contributed by atoms with Crippen LogP contribution >= 0.6 is 11.6 Å². The van der Waals surface area contributed by atoms with Crippen LogP contribution in [-0.4, -0.2) is 18.3 Å². The first-order valence-corrected chi connectivity index (χ1v) is 6.28. The molecule has 0 radical (unpaired) electrons. The molecule has 1 atom stereocenters. The Balaban J connectivity index is 2.45. The van der Waals surface area contributed by atoms with Crippen molar-refractivity contribution < 1.29 is 9.84 Å². The quantitative estimate of drug-likeness (QED) is 0.869. The normalized spacial score (nSPS) is 13.5. The van der Waals surface area contributed by atoms with E-state index in [0.717, 1.165) is 12.2 Å². The van der Waals surface area contributed by atoms with Crippen molar-refractivity contribution in [1.29, 1.82) is 0 Å². The van der Waals surface area contributed by atoms with E-state index in [-0.39, 0.29) is 17.9 Å². The molecule has 1 aromatic rings. The van der Waals surface area contributed by atoms with Crippen molar-refractivity contribution in [3.63, 3.8) is 0 Å². The molecule has 0 amide bonds. The molecule has 0 aromatic heterocycles. The van der Waals surface area contributed by atoms with Gasteiger partial charge in [0.25, 0.3) is 0 Å². The number of halogens is 1. The Hall–Kier alpha value is -0.730. The predicted octanol–water partition coefficient (Wildman–Crippen LogP) is 3.76. The van der Waals surface area contributed by atoms with Crippen molar-refractivity contribution in [2.75, 3.05) is 13.2 Å². The van der Waals surface area contributed by atoms with Crippen LogP contribution < -0.4 is 4.74 Å². The molecule has 1 N–H and O–H groups in total. The Morgan fingerprint density at radius 2 is 1.82 bits per heavy atom.